The number of methoxy groups -OCH3 is 1. The van der Waals surface area contributed by atoms with E-state index >= 15 is 0 Å². The number of aromatic nitrogens is 1. The van der Waals surface area contributed by atoms with Crippen LogP contribution in [0, 0.1) is 0 Å². The lowest BCUT2D eigenvalue weighted by molar-refractivity contribution is -0.124. The number of hydrogen-bond acceptors (Lipinski definition) is 4. The molecule has 2 heterocycles. The van der Waals surface area contributed by atoms with Crippen LogP contribution in [0.4, 0.5) is 5.69 Å². The molecule has 0 radical (unpaired) electrons. The minimum absolute atomic E-state index is 0.234. The molecule has 1 aromatic heterocycles. The smallest absolute Gasteiger partial charge is 0.253 e. The van der Waals surface area contributed by atoms with Crippen LogP contribution in [0.1, 0.15) is 5.69 Å². The average molecular weight is 194 g/mol. The summed E-state index contributed by atoms with van der Waals surface area (Å²) in [6.45, 7) is 0. The van der Waals surface area contributed by atoms with E-state index in [0.717, 1.165) is 0 Å². The van der Waals surface area contributed by atoms with Gasteiger partial charge in [0, 0.05) is 12.5 Å². The first-order chi connectivity index (χ1) is 6.70. The van der Waals surface area contributed by atoms with Gasteiger partial charge >= 0.3 is 0 Å². The lowest BCUT2D eigenvalue weighted by atomic mass is 10.1. The Morgan fingerprint density at radius 2 is 2.43 bits per heavy atom. The van der Waals surface area contributed by atoms with E-state index < -0.39 is 6.10 Å². The molecule has 1 amide bonds. The fraction of sp³-hybridized carbons (Fsp3) is 0.333. The summed E-state index contributed by atoms with van der Waals surface area (Å²) >= 11 is 0. The average Bonchev–Trinajstić information content (AvgIpc) is 2.19. The van der Waals surface area contributed by atoms with E-state index in [2.05, 4.69) is 10.3 Å². The third-order valence-corrected chi connectivity index (χ3v) is 2.10. The summed E-state index contributed by atoms with van der Waals surface area (Å²) in [5.41, 5.74) is 1.29. The molecule has 0 spiro atoms. The number of hydrogen-bond donors (Lipinski definition) is 2. The second kappa shape index (κ2) is 3.26. The second-order valence-corrected chi connectivity index (χ2v) is 3.06. The van der Waals surface area contributed by atoms with Crippen LogP contribution in [0.5, 0.6) is 5.88 Å². The van der Waals surface area contributed by atoms with E-state index in [-0.39, 0.29) is 12.3 Å². The summed E-state index contributed by atoms with van der Waals surface area (Å²) in [6.07, 6.45) is -0.777. The number of aliphatic hydroxyl groups is 1. The molecule has 0 fully saturated rings. The van der Waals surface area contributed by atoms with Gasteiger partial charge in [-0.3, -0.25) is 4.79 Å². The topological polar surface area (TPSA) is 71.5 Å². The number of aliphatic hydroxyl groups excluding tert-OH is 1. The fourth-order valence-corrected chi connectivity index (χ4v) is 1.36. The first-order valence-corrected chi connectivity index (χ1v) is 4.23. The molecule has 5 heteroatoms. The molecule has 0 saturated carbocycles. The fourth-order valence-electron chi connectivity index (χ4n) is 1.36. The molecule has 5 nitrogen and oxygen atoms in total. The van der Waals surface area contributed by atoms with Crippen LogP contribution < -0.4 is 10.1 Å². The van der Waals surface area contributed by atoms with E-state index in [4.69, 9.17) is 4.74 Å². The molecule has 2 rings (SSSR count). The molecule has 74 valence electrons. The minimum atomic E-state index is -1.01. The molecule has 1 atom stereocenters. The van der Waals surface area contributed by atoms with Crippen molar-refractivity contribution >= 4 is 11.6 Å². The Balaban J connectivity index is 2.37. The predicted molar refractivity (Wildman–Crippen MR) is 49.1 cm³/mol. The number of nitrogens with one attached hydrogen (secondary N) is 1. The molecule has 2 N–H and O–H groups in total. The summed E-state index contributed by atoms with van der Waals surface area (Å²) in [5.74, 6) is 0.0940. The molecule has 1 aliphatic rings. The Hall–Kier alpha value is -1.62. The summed E-state index contributed by atoms with van der Waals surface area (Å²) in [5, 5.41) is 11.8. The number of amides is 1. The number of fused-ring (bicyclic) bond motifs is 1. The number of rotatable bonds is 1. The third kappa shape index (κ3) is 1.42. The van der Waals surface area contributed by atoms with Crippen molar-refractivity contribution in [2.75, 3.05) is 12.4 Å². The highest BCUT2D eigenvalue weighted by atomic mass is 16.5. The van der Waals surface area contributed by atoms with E-state index in [9.17, 15) is 9.90 Å². The van der Waals surface area contributed by atoms with Crippen LogP contribution in [0.3, 0.4) is 0 Å². The molecule has 0 bridgehead atoms. The van der Waals surface area contributed by atoms with Gasteiger partial charge in [-0.25, -0.2) is 4.98 Å². The van der Waals surface area contributed by atoms with E-state index in [1.807, 2.05) is 0 Å². The molecule has 0 aliphatic carbocycles. The van der Waals surface area contributed by atoms with Gasteiger partial charge in [0.1, 0.15) is 6.10 Å². The summed E-state index contributed by atoms with van der Waals surface area (Å²) < 4.78 is 4.94. The first kappa shape index (κ1) is 8.96. The largest absolute Gasteiger partial charge is 0.481 e. The highest BCUT2D eigenvalue weighted by Crippen LogP contribution is 2.23. The van der Waals surface area contributed by atoms with Crippen molar-refractivity contribution in [3.63, 3.8) is 0 Å². The van der Waals surface area contributed by atoms with Crippen LogP contribution in [-0.4, -0.2) is 29.2 Å². The Kier molecular flexibility index (Phi) is 2.09. The van der Waals surface area contributed by atoms with Crippen LogP contribution in [0.2, 0.25) is 0 Å². The van der Waals surface area contributed by atoms with Crippen molar-refractivity contribution in [1.29, 1.82) is 0 Å². The zero-order chi connectivity index (χ0) is 10.1. The quantitative estimate of drug-likeness (QED) is 0.657. The number of carbonyl (C=O) groups excluding carboxylic acids is 1. The number of anilines is 1. The van der Waals surface area contributed by atoms with Gasteiger partial charge in [-0.2, -0.15) is 0 Å². The zero-order valence-electron chi connectivity index (χ0n) is 7.65. The third-order valence-electron chi connectivity index (χ3n) is 2.10. The van der Waals surface area contributed by atoms with Crippen LogP contribution in [0.15, 0.2) is 12.1 Å². The van der Waals surface area contributed by atoms with Gasteiger partial charge in [-0.05, 0) is 6.07 Å². The van der Waals surface area contributed by atoms with Crippen LogP contribution in [0.25, 0.3) is 0 Å². The number of pyridine rings is 1. The summed E-state index contributed by atoms with van der Waals surface area (Å²) in [6, 6.07) is 3.38. The van der Waals surface area contributed by atoms with Gasteiger partial charge in [-0.1, -0.05) is 0 Å². The predicted octanol–water partition coefficient (Wildman–Crippen LogP) is -0.0543. The molecular formula is C9H10N2O3. The number of carbonyl (C=O) groups is 1. The standard InChI is InChI=1S/C9H10N2O3/c1-14-8-3-2-5-6(10-8)4-7(12)9(13)11-5/h2-3,7,12H,4H2,1H3,(H,11,13). The molecule has 0 saturated heterocycles. The van der Waals surface area contributed by atoms with Crippen molar-refractivity contribution in [2.24, 2.45) is 0 Å². The maximum atomic E-state index is 11.1. The minimum Gasteiger partial charge on any atom is -0.481 e. The summed E-state index contributed by atoms with van der Waals surface area (Å²) in [4.78, 5) is 15.2. The van der Waals surface area contributed by atoms with Gasteiger partial charge in [0.05, 0.1) is 18.5 Å². The number of nitrogens with zero attached hydrogens (tertiary/aromatic N) is 1. The lowest BCUT2D eigenvalue weighted by Gasteiger charge is -2.20. The van der Waals surface area contributed by atoms with Gasteiger partial charge < -0.3 is 15.2 Å². The van der Waals surface area contributed by atoms with Gasteiger partial charge in [0.2, 0.25) is 5.88 Å². The lowest BCUT2D eigenvalue weighted by Crippen LogP contribution is -2.34. The second-order valence-electron chi connectivity index (χ2n) is 3.06. The van der Waals surface area contributed by atoms with Crippen molar-refractivity contribution in [3.05, 3.63) is 17.8 Å². The maximum absolute atomic E-state index is 11.1. The molecule has 1 aromatic rings. The van der Waals surface area contributed by atoms with Crippen molar-refractivity contribution in [1.82, 2.24) is 4.98 Å². The van der Waals surface area contributed by atoms with Gasteiger partial charge in [0.25, 0.3) is 5.91 Å². The van der Waals surface area contributed by atoms with E-state index in [0.29, 0.717) is 17.3 Å². The van der Waals surface area contributed by atoms with Crippen molar-refractivity contribution in [2.45, 2.75) is 12.5 Å². The van der Waals surface area contributed by atoms with Gasteiger partial charge in [0.15, 0.2) is 0 Å². The molecule has 1 unspecified atom stereocenters. The van der Waals surface area contributed by atoms with Crippen LogP contribution >= 0.6 is 0 Å². The molecule has 0 aromatic carbocycles. The first-order valence-electron chi connectivity index (χ1n) is 4.23. The Labute approximate surface area is 80.7 Å². The highest BCUT2D eigenvalue weighted by Gasteiger charge is 2.25. The van der Waals surface area contributed by atoms with E-state index in [1.54, 1.807) is 12.1 Å². The Bertz CT molecular complexity index is 378. The van der Waals surface area contributed by atoms with Crippen molar-refractivity contribution in [3.8, 4) is 5.88 Å². The van der Waals surface area contributed by atoms with Crippen molar-refractivity contribution < 1.29 is 14.6 Å². The molecular weight excluding hydrogens is 184 g/mol. The Morgan fingerprint density at radius 3 is 3.14 bits per heavy atom. The van der Waals surface area contributed by atoms with E-state index in [1.165, 1.54) is 7.11 Å². The molecule has 1 aliphatic heterocycles. The van der Waals surface area contributed by atoms with Crippen LogP contribution in [-0.2, 0) is 11.2 Å². The summed E-state index contributed by atoms with van der Waals surface area (Å²) in [7, 11) is 1.52. The highest BCUT2D eigenvalue weighted by molar-refractivity contribution is 5.96. The zero-order valence-corrected chi connectivity index (χ0v) is 7.65. The normalized spacial score (nSPS) is 19.9. The monoisotopic (exact) mass is 194 g/mol. The maximum Gasteiger partial charge on any atom is 0.253 e. The molecule has 14 heavy (non-hydrogen) atoms. The van der Waals surface area contributed by atoms with Gasteiger partial charge in [-0.15, -0.1) is 0 Å². The number of ether oxygens (including phenoxy) is 1. The Morgan fingerprint density at radius 1 is 1.64 bits per heavy atom. The SMILES string of the molecule is COc1ccc2c(n1)CC(O)C(=O)N2.